The quantitative estimate of drug-likeness (QED) is 0.424. The van der Waals surface area contributed by atoms with Crippen LogP contribution in [-0.2, 0) is 30.4 Å². The molecule has 0 amide bonds. The van der Waals surface area contributed by atoms with Gasteiger partial charge in [0.25, 0.3) is 0 Å². The Morgan fingerprint density at radius 3 is 2.32 bits per heavy atom. The fraction of sp³-hybridized carbons (Fsp3) is 0.259. The zero-order valence-electron chi connectivity index (χ0n) is 20.7. The van der Waals surface area contributed by atoms with E-state index in [1.54, 1.807) is 12.3 Å². The van der Waals surface area contributed by atoms with Crippen molar-refractivity contribution in [2.45, 2.75) is 32.9 Å². The minimum Gasteiger partial charge on any atom is -0.481 e. The van der Waals surface area contributed by atoms with Crippen molar-refractivity contribution in [3.05, 3.63) is 75.7 Å². The summed E-state index contributed by atoms with van der Waals surface area (Å²) in [6.45, 7) is 3.34. The third-order valence-electron chi connectivity index (χ3n) is 6.25. The number of nitrogens with zero attached hydrogens (tertiary/aromatic N) is 2. The molecule has 0 spiro atoms. The van der Waals surface area contributed by atoms with Crippen LogP contribution in [-0.4, -0.2) is 60.1 Å². The monoisotopic (exact) mass is 505 g/mol. The number of fused-ring (bicyclic) bond motifs is 2. The minimum atomic E-state index is -1.07. The smallest absolute Gasteiger partial charge is 0.370 e. The van der Waals surface area contributed by atoms with Gasteiger partial charge in [-0.1, -0.05) is 18.2 Å². The molecular formula is C27H25N2O8+. The molecule has 1 atom stereocenters. The molecule has 4 rings (SSSR count). The molecule has 0 bridgehead atoms. The van der Waals surface area contributed by atoms with Crippen LogP contribution in [0.15, 0.2) is 64.0 Å². The average molecular weight is 506 g/mol. The first-order valence-corrected chi connectivity index (χ1v) is 11.3. The summed E-state index contributed by atoms with van der Waals surface area (Å²) in [5.74, 6) is -3.38. The number of ether oxygens (including phenoxy) is 2. The van der Waals surface area contributed by atoms with Gasteiger partial charge in [-0.25, -0.2) is 14.4 Å². The Morgan fingerprint density at radius 2 is 1.70 bits per heavy atom. The van der Waals surface area contributed by atoms with Gasteiger partial charge in [0.05, 0.1) is 32.2 Å². The number of carbonyl (C=O) groups is 4. The normalized spacial score (nSPS) is 18.9. The molecule has 10 heteroatoms. The van der Waals surface area contributed by atoms with Crippen molar-refractivity contribution < 1.29 is 43.4 Å². The lowest BCUT2D eigenvalue weighted by Gasteiger charge is -2.20. The Hall–Kier alpha value is -4.60. The van der Waals surface area contributed by atoms with Gasteiger partial charge in [-0.2, -0.15) is 4.57 Å². The highest BCUT2D eigenvalue weighted by molar-refractivity contribution is 6.45. The number of pyridine rings is 1. The van der Waals surface area contributed by atoms with E-state index in [1.165, 1.54) is 25.0 Å². The largest absolute Gasteiger partial charge is 0.481 e. The van der Waals surface area contributed by atoms with Crippen LogP contribution in [0.5, 0.6) is 0 Å². The van der Waals surface area contributed by atoms with E-state index >= 15 is 0 Å². The second-order valence-corrected chi connectivity index (χ2v) is 8.82. The second kappa shape index (κ2) is 9.81. The number of hydrogen-bond donors (Lipinski definition) is 2. The number of aromatic nitrogens is 1. The number of carboxylic acid groups (broad SMARTS) is 2. The number of carboxylic acids is 2. The van der Waals surface area contributed by atoms with Gasteiger partial charge < -0.3 is 19.7 Å². The molecule has 0 saturated heterocycles. The molecule has 0 saturated carbocycles. The Balaban J connectivity index is 1.90. The van der Waals surface area contributed by atoms with Crippen molar-refractivity contribution in [1.29, 1.82) is 0 Å². The molecule has 10 nitrogen and oxygen atoms in total. The number of aliphatic carboxylic acids is 2. The molecular weight excluding hydrogens is 480 g/mol. The molecule has 0 aromatic carbocycles. The SMILES string of the molecule is COC(=O)C1=NC(CC(=O)O)C=C2C(C)=CC(/C=C3\C=C(C)c4c(C(=O)OC)c[n+](CC(=O)O)cc43)=C21. The predicted octanol–water partition coefficient (Wildman–Crippen LogP) is 2.30. The van der Waals surface area contributed by atoms with Crippen molar-refractivity contribution >= 4 is 40.7 Å². The molecule has 0 radical (unpaired) electrons. The van der Waals surface area contributed by atoms with E-state index in [-0.39, 0.29) is 24.2 Å². The Bertz CT molecular complexity index is 1450. The van der Waals surface area contributed by atoms with Crippen molar-refractivity contribution in [2.75, 3.05) is 14.2 Å². The zero-order chi connectivity index (χ0) is 27.0. The molecule has 3 aliphatic rings. The van der Waals surface area contributed by atoms with Gasteiger partial charge in [-0.3, -0.25) is 9.79 Å². The maximum atomic E-state index is 12.7. The summed E-state index contributed by atoms with van der Waals surface area (Å²) in [6, 6.07) is -0.715. The van der Waals surface area contributed by atoms with E-state index in [4.69, 9.17) is 9.47 Å². The number of allylic oxidation sites excluding steroid dienone is 8. The molecule has 1 aromatic rings. The fourth-order valence-corrected chi connectivity index (χ4v) is 4.79. The Labute approximate surface area is 212 Å². The number of dihydropyridines is 1. The predicted molar refractivity (Wildman–Crippen MR) is 132 cm³/mol. The summed E-state index contributed by atoms with van der Waals surface area (Å²) in [7, 11) is 2.49. The van der Waals surface area contributed by atoms with Gasteiger partial charge in [0.1, 0.15) is 5.56 Å². The summed E-state index contributed by atoms with van der Waals surface area (Å²) >= 11 is 0. The highest BCUT2D eigenvalue weighted by Gasteiger charge is 2.34. The molecule has 0 fully saturated rings. The lowest BCUT2D eigenvalue weighted by Crippen LogP contribution is -2.39. The lowest BCUT2D eigenvalue weighted by molar-refractivity contribution is -0.686. The molecule has 190 valence electrons. The van der Waals surface area contributed by atoms with Gasteiger partial charge in [-0.15, -0.1) is 0 Å². The van der Waals surface area contributed by atoms with Gasteiger partial charge in [-0.05, 0) is 47.8 Å². The highest BCUT2D eigenvalue weighted by atomic mass is 16.5. The number of methoxy groups -OCH3 is 2. The average Bonchev–Trinajstić information content (AvgIpc) is 3.32. The molecule has 2 heterocycles. The van der Waals surface area contributed by atoms with E-state index in [1.807, 2.05) is 32.1 Å². The molecule has 2 N–H and O–H groups in total. The second-order valence-electron chi connectivity index (χ2n) is 8.82. The zero-order valence-corrected chi connectivity index (χ0v) is 20.7. The van der Waals surface area contributed by atoms with Crippen LogP contribution in [0.2, 0.25) is 0 Å². The third-order valence-corrected chi connectivity index (χ3v) is 6.25. The van der Waals surface area contributed by atoms with E-state index in [9.17, 15) is 29.4 Å². The number of esters is 2. The number of hydrogen-bond acceptors (Lipinski definition) is 7. The lowest BCUT2D eigenvalue weighted by atomic mass is 9.91. The van der Waals surface area contributed by atoms with E-state index in [0.29, 0.717) is 33.4 Å². The van der Waals surface area contributed by atoms with E-state index < -0.39 is 29.9 Å². The molecule has 37 heavy (non-hydrogen) atoms. The summed E-state index contributed by atoms with van der Waals surface area (Å²) in [4.78, 5) is 52.2. The number of rotatable bonds is 7. The standard InChI is InChI=1S/C27H24N2O8/c1-13-5-16(24-18(13)8-17(9-21(30)31)28-25(24)27(35)37-4)7-15-6-14(2)23-19(15)10-29(12-22(32)33)11-20(23)26(34)36-3/h5-8,10-11,17H,9,12H2,1-4H3,(H-,30,31,32,33)/p+1/b15-7+. The van der Waals surface area contributed by atoms with Gasteiger partial charge >= 0.3 is 23.9 Å². The first-order chi connectivity index (χ1) is 17.5. The Kier molecular flexibility index (Phi) is 6.76. The first-order valence-electron chi connectivity index (χ1n) is 11.3. The summed E-state index contributed by atoms with van der Waals surface area (Å²) < 4.78 is 11.3. The topological polar surface area (TPSA) is 143 Å². The summed E-state index contributed by atoms with van der Waals surface area (Å²) in [5, 5.41) is 18.6. The van der Waals surface area contributed by atoms with Crippen molar-refractivity contribution in [1.82, 2.24) is 0 Å². The number of aliphatic imine (C=N–C) groups is 1. The van der Waals surface area contributed by atoms with Crippen LogP contribution in [0.4, 0.5) is 0 Å². The molecule has 1 unspecified atom stereocenters. The Morgan fingerprint density at radius 1 is 1.00 bits per heavy atom. The number of carbonyl (C=O) groups excluding carboxylic acids is 2. The van der Waals surface area contributed by atoms with E-state index in [0.717, 1.165) is 11.1 Å². The fourth-order valence-electron chi connectivity index (χ4n) is 4.79. The van der Waals surface area contributed by atoms with Crippen LogP contribution in [0.25, 0.3) is 11.1 Å². The van der Waals surface area contributed by atoms with Crippen molar-refractivity contribution in [3.63, 3.8) is 0 Å². The van der Waals surface area contributed by atoms with Crippen LogP contribution in [0.1, 0.15) is 41.8 Å². The summed E-state index contributed by atoms with van der Waals surface area (Å²) in [5.41, 5.74) is 5.74. The molecule has 1 aromatic heterocycles. The minimum absolute atomic E-state index is 0.0365. The maximum absolute atomic E-state index is 12.7. The van der Waals surface area contributed by atoms with Crippen molar-refractivity contribution in [2.24, 2.45) is 4.99 Å². The van der Waals surface area contributed by atoms with Crippen LogP contribution in [0.3, 0.4) is 0 Å². The van der Waals surface area contributed by atoms with Crippen LogP contribution in [0, 0.1) is 0 Å². The van der Waals surface area contributed by atoms with E-state index in [2.05, 4.69) is 4.99 Å². The van der Waals surface area contributed by atoms with Crippen LogP contribution < -0.4 is 4.57 Å². The first kappa shape index (κ1) is 25.5. The van der Waals surface area contributed by atoms with Crippen molar-refractivity contribution in [3.8, 4) is 0 Å². The maximum Gasteiger partial charge on any atom is 0.370 e. The third kappa shape index (κ3) is 4.77. The summed E-state index contributed by atoms with van der Waals surface area (Å²) in [6.07, 6.45) is 10.1. The van der Waals surface area contributed by atoms with Gasteiger partial charge in [0.2, 0.25) is 6.54 Å². The molecule has 1 aliphatic heterocycles. The molecule has 2 aliphatic carbocycles. The van der Waals surface area contributed by atoms with Crippen LogP contribution >= 0.6 is 0 Å². The van der Waals surface area contributed by atoms with Gasteiger partial charge in [0.15, 0.2) is 18.1 Å². The highest BCUT2D eigenvalue weighted by Crippen LogP contribution is 2.41. The van der Waals surface area contributed by atoms with Gasteiger partial charge in [0, 0.05) is 11.1 Å².